The summed E-state index contributed by atoms with van der Waals surface area (Å²) in [5.74, 6) is 1.35. The van der Waals surface area contributed by atoms with Crippen molar-refractivity contribution < 1.29 is 13.9 Å². The number of methoxy groups -OCH3 is 1. The molecule has 4 aromatic rings. The first-order valence-electron chi connectivity index (χ1n) is 9.71. The predicted molar refractivity (Wildman–Crippen MR) is 115 cm³/mol. The molecule has 0 spiro atoms. The van der Waals surface area contributed by atoms with Crippen molar-refractivity contribution >= 4 is 17.0 Å². The van der Waals surface area contributed by atoms with E-state index < -0.39 is 0 Å². The van der Waals surface area contributed by atoms with E-state index in [1.807, 2.05) is 43.3 Å². The van der Waals surface area contributed by atoms with Crippen LogP contribution in [0, 0.1) is 6.92 Å². The number of hydrogen-bond donors (Lipinski definition) is 0. The Kier molecular flexibility index (Phi) is 5.48. The monoisotopic (exact) mass is 401 g/mol. The Morgan fingerprint density at radius 1 is 1.13 bits per heavy atom. The zero-order valence-electron chi connectivity index (χ0n) is 17.3. The van der Waals surface area contributed by atoms with Crippen molar-refractivity contribution in [2.45, 2.75) is 19.9 Å². The smallest absolute Gasteiger partial charge is 0.254 e. The highest BCUT2D eigenvalue weighted by Crippen LogP contribution is 2.21. The molecule has 6 nitrogen and oxygen atoms in total. The number of hydrogen-bond acceptors (Lipinski definition) is 5. The molecule has 30 heavy (non-hydrogen) atoms. The molecule has 2 aromatic carbocycles. The Hall–Kier alpha value is -3.67. The van der Waals surface area contributed by atoms with Crippen molar-refractivity contribution in [2.75, 3.05) is 14.2 Å². The van der Waals surface area contributed by atoms with Crippen LogP contribution in [0.5, 0.6) is 5.75 Å². The van der Waals surface area contributed by atoms with E-state index in [0.29, 0.717) is 30.0 Å². The van der Waals surface area contributed by atoms with Crippen LogP contribution >= 0.6 is 0 Å². The number of nitrogens with zero attached hydrogens (tertiary/aromatic N) is 3. The second-order valence-corrected chi connectivity index (χ2v) is 7.28. The number of carbonyl (C=O) groups excluding carboxylic acids is 1. The van der Waals surface area contributed by atoms with E-state index in [-0.39, 0.29) is 5.91 Å². The number of aryl methyl sites for hydroxylation is 1. The molecule has 0 saturated heterocycles. The van der Waals surface area contributed by atoms with Crippen LogP contribution in [-0.4, -0.2) is 34.9 Å². The van der Waals surface area contributed by atoms with E-state index in [9.17, 15) is 4.79 Å². The number of fused-ring (bicyclic) bond motifs is 1. The summed E-state index contributed by atoms with van der Waals surface area (Å²) in [7, 11) is 3.44. The molecule has 2 heterocycles. The Balaban J connectivity index is 1.51. The highest BCUT2D eigenvalue weighted by Gasteiger charge is 2.15. The number of oxazole rings is 1. The number of carbonyl (C=O) groups is 1. The molecule has 0 radical (unpaired) electrons. The molecule has 2 aromatic heterocycles. The van der Waals surface area contributed by atoms with E-state index in [1.165, 1.54) is 0 Å². The topological polar surface area (TPSA) is 68.5 Å². The van der Waals surface area contributed by atoms with E-state index in [1.54, 1.807) is 43.6 Å². The molecule has 0 fully saturated rings. The molecule has 0 N–H and O–H groups in total. The third-order valence-electron chi connectivity index (χ3n) is 5.08. The average Bonchev–Trinajstić information content (AvgIpc) is 3.16. The van der Waals surface area contributed by atoms with Crippen LogP contribution in [0.1, 0.15) is 32.9 Å². The Morgan fingerprint density at radius 3 is 2.67 bits per heavy atom. The molecule has 0 unspecified atom stereocenters. The average molecular weight is 401 g/mol. The molecular weight excluding hydrogens is 378 g/mol. The lowest BCUT2D eigenvalue weighted by Gasteiger charge is -2.18. The first kappa shape index (κ1) is 19.6. The molecule has 4 rings (SSSR count). The molecule has 0 saturated carbocycles. The Morgan fingerprint density at radius 2 is 1.93 bits per heavy atom. The van der Waals surface area contributed by atoms with Gasteiger partial charge in [-0.2, -0.15) is 0 Å². The van der Waals surface area contributed by atoms with Crippen LogP contribution in [0.25, 0.3) is 11.1 Å². The van der Waals surface area contributed by atoms with Gasteiger partial charge in [-0.3, -0.25) is 9.78 Å². The van der Waals surface area contributed by atoms with Crippen LogP contribution in [0.15, 0.2) is 65.3 Å². The third kappa shape index (κ3) is 4.17. The highest BCUT2D eigenvalue weighted by atomic mass is 16.5. The lowest BCUT2D eigenvalue weighted by atomic mass is 10.1. The summed E-state index contributed by atoms with van der Waals surface area (Å²) in [5, 5.41) is 0. The molecule has 6 heteroatoms. The van der Waals surface area contributed by atoms with Crippen LogP contribution in [0.3, 0.4) is 0 Å². The minimum atomic E-state index is -0.0683. The summed E-state index contributed by atoms with van der Waals surface area (Å²) in [6.07, 6.45) is 4.12. The minimum Gasteiger partial charge on any atom is -0.497 e. The van der Waals surface area contributed by atoms with E-state index in [0.717, 1.165) is 28.0 Å². The molecule has 152 valence electrons. The van der Waals surface area contributed by atoms with Crippen molar-refractivity contribution in [2.24, 2.45) is 0 Å². The standard InChI is InChI=1S/C24H23N3O3/c1-16-14-25-11-10-19(16)15-27(2)24(28)18-6-9-21-22(13-18)30-23(26-21)12-17-4-7-20(29-3)8-5-17/h4-11,13-14H,12,15H2,1-3H3. The van der Waals surface area contributed by atoms with Gasteiger partial charge in [0.15, 0.2) is 11.5 Å². The predicted octanol–water partition coefficient (Wildman–Crippen LogP) is 4.40. The fraction of sp³-hybridized carbons (Fsp3) is 0.208. The van der Waals surface area contributed by atoms with Gasteiger partial charge in [-0.15, -0.1) is 0 Å². The van der Waals surface area contributed by atoms with Crippen LogP contribution in [-0.2, 0) is 13.0 Å². The van der Waals surface area contributed by atoms with Gasteiger partial charge in [-0.05, 0) is 60.0 Å². The van der Waals surface area contributed by atoms with Crippen LogP contribution in [0.2, 0.25) is 0 Å². The van der Waals surface area contributed by atoms with Gasteiger partial charge in [0.2, 0.25) is 0 Å². The first-order valence-corrected chi connectivity index (χ1v) is 9.71. The maximum atomic E-state index is 12.9. The molecule has 0 aliphatic carbocycles. The van der Waals surface area contributed by atoms with Gasteiger partial charge in [0, 0.05) is 38.0 Å². The van der Waals surface area contributed by atoms with Crippen molar-refractivity contribution in [1.29, 1.82) is 0 Å². The quantitative estimate of drug-likeness (QED) is 0.479. The van der Waals surface area contributed by atoms with Gasteiger partial charge >= 0.3 is 0 Å². The normalized spacial score (nSPS) is 10.9. The zero-order chi connectivity index (χ0) is 21.1. The summed E-state index contributed by atoms with van der Waals surface area (Å²) in [4.78, 5) is 23.2. The summed E-state index contributed by atoms with van der Waals surface area (Å²) in [6, 6.07) is 15.1. The van der Waals surface area contributed by atoms with Crippen molar-refractivity contribution in [3.05, 3.63) is 89.1 Å². The van der Waals surface area contributed by atoms with Gasteiger partial charge < -0.3 is 14.1 Å². The van der Waals surface area contributed by atoms with Crippen molar-refractivity contribution in [3.8, 4) is 5.75 Å². The summed E-state index contributed by atoms with van der Waals surface area (Å²) in [6.45, 7) is 2.51. The minimum absolute atomic E-state index is 0.0683. The number of ether oxygens (including phenoxy) is 1. The molecule has 0 atom stereocenters. The SMILES string of the molecule is COc1ccc(Cc2nc3ccc(C(=O)N(C)Cc4ccncc4C)cc3o2)cc1. The molecule has 0 bridgehead atoms. The number of rotatable bonds is 6. The maximum absolute atomic E-state index is 12.9. The summed E-state index contributed by atoms with van der Waals surface area (Å²) in [5.41, 5.74) is 5.13. The van der Waals surface area contributed by atoms with E-state index >= 15 is 0 Å². The van der Waals surface area contributed by atoms with E-state index in [2.05, 4.69) is 9.97 Å². The Labute approximate surface area is 175 Å². The molecular formula is C24H23N3O3. The van der Waals surface area contributed by atoms with Gasteiger partial charge in [-0.1, -0.05) is 12.1 Å². The summed E-state index contributed by atoms with van der Waals surface area (Å²) >= 11 is 0. The van der Waals surface area contributed by atoms with Gasteiger partial charge in [0.25, 0.3) is 5.91 Å². The molecule has 0 aliphatic heterocycles. The maximum Gasteiger partial charge on any atom is 0.254 e. The highest BCUT2D eigenvalue weighted by molar-refractivity contribution is 5.96. The number of pyridine rings is 1. The fourth-order valence-corrected chi connectivity index (χ4v) is 3.33. The third-order valence-corrected chi connectivity index (χ3v) is 5.08. The number of benzene rings is 2. The van der Waals surface area contributed by atoms with Gasteiger partial charge in [0.1, 0.15) is 11.3 Å². The Bertz CT molecular complexity index is 1180. The largest absolute Gasteiger partial charge is 0.497 e. The van der Waals surface area contributed by atoms with Crippen molar-refractivity contribution in [3.63, 3.8) is 0 Å². The van der Waals surface area contributed by atoms with Crippen LogP contribution < -0.4 is 4.74 Å². The fourth-order valence-electron chi connectivity index (χ4n) is 3.33. The van der Waals surface area contributed by atoms with Gasteiger partial charge in [0.05, 0.1) is 7.11 Å². The van der Waals surface area contributed by atoms with E-state index in [4.69, 9.17) is 9.15 Å². The lowest BCUT2D eigenvalue weighted by molar-refractivity contribution is 0.0785. The first-order chi connectivity index (χ1) is 14.5. The second kappa shape index (κ2) is 8.37. The molecule has 0 aliphatic rings. The lowest BCUT2D eigenvalue weighted by Crippen LogP contribution is -2.26. The van der Waals surface area contributed by atoms with Gasteiger partial charge in [-0.25, -0.2) is 4.98 Å². The zero-order valence-corrected chi connectivity index (χ0v) is 17.3. The molecule has 1 amide bonds. The number of amides is 1. The van der Waals surface area contributed by atoms with Crippen molar-refractivity contribution in [1.82, 2.24) is 14.9 Å². The number of aromatic nitrogens is 2. The second-order valence-electron chi connectivity index (χ2n) is 7.28. The van der Waals surface area contributed by atoms with Crippen LogP contribution in [0.4, 0.5) is 0 Å². The summed E-state index contributed by atoms with van der Waals surface area (Å²) < 4.78 is 11.1.